The molecule has 2 N–H and O–H groups in total. The maximum Gasteiger partial charge on any atom is 0.123 e. The lowest BCUT2D eigenvalue weighted by molar-refractivity contribution is 0.302. The molecule has 18 heavy (non-hydrogen) atoms. The fourth-order valence-electron chi connectivity index (χ4n) is 1.88. The summed E-state index contributed by atoms with van der Waals surface area (Å²) in [5, 5.41) is 0. The van der Waals surface area contributed by atoms with E-state index >= 15 is 0 Å². The first-order chi connectivity index (χ1) is 8.83. The van der Waals surface area contributed by atoms with Crippen molar-refractivity contribution in [1.29, 1.82) is 0 Å². The van der Waals surface area contributed by atoms with Gasteiger partial charge in [-0.2, -0.15) is 0 Å². The van der Waals surface area contributed by atoms with Gasteiger partial charge in [0.05, 0.1) is 12.8 Å². The van der Waals surface area contributed by atoms with Crippen LogP contribution in [0.15, 0.2) is 41.0 Å². The van der Waals surface area contributed by atoms with E-state index in [-0.39, 0.29) is 0 Å². The first kappa shape index (κ1) is 12.7. The van der Waals surface area contributed by atoms with Crippen molar-refractivity contribution in [3.63, 3.8) is 0 Å². The van der Waals surface area contributed by atoms with Crippen LogP contribution in [-0.4, -0.2) is 0 Å². The lowest BCUT2D eigenvalue weighted by Crippen LogP contribution is -2.01. The smallest absolute Gasteiger partial charge is 0.123 e. The van der Waals surface area contributed by atoms with Crippen molar-refractivity contribution in [1.82, 2.24) is 0 Å². The molecule has 1 heterocycles. The van der Waals surface area contributed by atoms with Crippen molar-refractivity contribution in [2.24, 2.45) is 5.73 Å². The highest BCUT2D eigenvalue weighted by molar-refractivity contribution is 5.28. The summed E-state index contributed by atoms with van der Waals surface area (Å²) in [6, 6.07) is 10.1. The maximum atomic E-state index is 5.71. The predicted octanol–water partition coefficient (Wildman–Crippen LogP) is 3.27. The van der Waals surface area contributed by atoms with Crippen LogP contribution in [0.5, 0.6) is 5.75 Å². The van der Waals surface area contributed by atoms with Crippen molar-refractivity contribution in [2.45, 2.75) is 32.9 Å². The normalized spacial score (nSPS) is 10.6. The van der Waals surface area contributed by atoms with Gasteiger partial charge in [-0.25, -0.2) is 0 Å². The first-order valence-electron chi connectivity index (χ1n) is 6.30. The third kappa shape index (κ3) is 3.14. The monoisotopic (exact) mass is 245 g/mol. The highest BCUT2D eigenvalue weighted by Gasteiger charge is 2.05. The zero-order chi connectivity index (χ0) is 12.8. The Hall–Kier alpha value is -1.74. The second-order valence-electron chi connectivity index (χ2n) is 4.26. The highest BCUT2D eigenvalue weighted by Crippen LogP contribution is 2.17. The number of hydrogen-bond donors (Lipinski definition) is 1. The molecule has 0 aliphatic carbocycles. The minimum atomic E-state index is 0.404. The van der Waals surface area contributed by atoms with Gasteiger partial charge in [0, 0.05) is 5.56 Å². The van der Waals surface area contributed by atoms with E-state index in [1.165, 1.54) is 5.56 Å². The summed E-state index contributed by atoms with van der Waals surface area (Å²) in [6.45, 7) is 3.08. The average Bonchev–Trinajstić information content (AvgIpc) is 2.86. The van der Waals surface area contributed by atoms with Gasteiger partial charge in [-0.3, -0.25) is 0 Å². The summed E-state index contributed by atoms with van der Waals surface area (Å²) in [5.41, 5.74) is 7.92. The van der Waals surface area contributed by atoms with E-state index in [9.17, 15) is 0 Å². The largest absolute Gasteiger partial charge is 0.489 e. The van der Waals surface area contributed by atoms with Crippen LogP contribution in [0, 0.1) is 0 Å². The zero-order valence-corrected chi connectivity index (χ0v) is 10.7. The van der Waals surface area contributed by atoms with E-state index in [2.05, 4.69) is 19.1 Å². The standard InChI is InChI=1S/C15H19NO2/c1-2-3-12-4-6-14(7-5-12)18-11-13-8-9-17-15(13)10-16/h4-9H,2-3,10-11,16H2,1H3. The molecule has 0 saturated carbocycles. The molecule has 0 bridgehead atoms. The Morgan fingerprint density at radius 2 is 1.94 bits per heavy atom. The summed E-state index contributed by atoms with van der Waals surface area (Å²) >= 11 is 0. The molecule has 0 radical (unpaired) electrons. The summed E-state index contributed by atoms with van der Waals surface area (Å²) in [5.74, 6) is 1.66. The fraction of sp³-hybridized carbons (Fsp3) is 0.333. The summed E-state index contributed by atoms with van der Waals surface area (Å²) in [4.78, 5) is 0. The van der Waals surface area contributed by atoms with Crippen LogP contribution >= 0.6 is 0 Å². The number of ether oxygens (including phenoxy) is 1. The van der Waals surface area contributed by atoms with Crippen LogP contribution in [0.4, 0.5) is 0 Å². The van der Waals surface area contributed by atoms with Gasteiger partial charge in [0.15, 0.2) is 0 Å². The van der Waals surface area contributed by atoms with E-state index in [4.69, 9.17) is 14.9 Å². The molecule has 1 aromatic heterocycles. The van der Waals surface area contributed by atoms with Gasteiger partial charge < -0.3 is 14.9 Å². The molecule has 0 amide bonds. The Morgan fingerprint density at radius 3 is 2.61 bits per heavy atom. The van der Waals surface area contributed by atoms with Gasteiger partial charge >= 0.3 is 0 Å². The molecular formula is C15H19NO2. The second kappa shape index (κ2) is 6.26. The van der Waals surface area contributed by atoms with E-state index in [0.717, 1.165) is 29.9 Å². The number of rotatable bonds is 6. The van der Waals surface area contributed by atoms with Gasteiger partial charge in [0.1, 0.15) is 18.1 Å². The topological polar surface area (TPSA) is 48.4 Å². The van der Waals surface area contributed by atoms with Crippen molar-refractivity contribution in [3.05, 3.63) is 53.5 Å². The minimum absolute atomic E-state index is 0.404. The molecule has 2 aromatic rings. The quantitative estimate of drug-likeness (QED) is 0.849. The molecule has 0 aliphatic heterocycles. The fourth-order valence-corrected chi connectivity index (χ4v) is 1.88. The second-order valence-corrected chi connectivity index (χ2v) is 4.26. The van der Waals surface area contributed by atoms with Crippen molar-refractivity contribution in [2.75, 3.05) is 0 Å². The lowest BCUT2D eigenvalue weighted by atomic mass is 10.1. The molecule has 0 atom stereocenters. The van der Waals surface area contributed by atoms with Crippen LogP contribution in [0.25, 0.3) is 0 Å². The van der Waals surface area contributed by atoms with E-state index < -0.39 is 0 Å². The van der Waals surface area contributed by atoms with E-state index in [1.807, 2.05) is 18.2 Å². The molecule has 2 rings (SSSR count). The van der Waals surface area contributed by atoms with Crippen LogP contribution in [-0.2, 0) is 19.6 Å². The summed E-state index contributed by atoms with van der Waals surface area (Å²) in [6.07, 6.45) is 3.92. The van der Waals surface area contributed by atoms with Crippen LogP contribution in [0.1, 0.15) is 30.2 Å². The molecular weight excluding hydrogens is 226 g/mol. The van der Waals surface area contributed by atoms with Gasteiger partial charge in [0.25, 0.3) is 0 Å². The molecule has 1 aromatic carbocycles. The van der Waals surface area contributed by atoms with Gasteiger partial charge in [-0.1, -0.05) is 25.5 Å². The Morgan fingerprint density at radius 1 is 1.17 bits per heavy atom. The number of nitrogens with two attached hydrogens (primary N) is 1. The SMILES string of the molecule is CCCc1ccc(OCc2ccoc2CN)cc1. The molecule has 0 spiro atoms. The van der Waals surface area contributed by atoms with Crippen molar-refractivity contribution in [3.8, 4) is 5.75 Å². The third-order valence-corrected chi connectivity index (χ3v) is 2.88. The van der Waals surface area contributed by atoms with Crippen LogP contribution < -0.4 is 10.5 Å². The van der Waals surface area contributed by atoms with E-state index in [0.29, 0.717) is 13.2 Å². The van der Waals surface area contributed by atoms with Crippen LogP contribution in [0.3, 0.4) is 0 Å². The highest BCUT2D eigenvalue weighted by atomic mass is 16.5. The average molecular weight is 245 g/mol. The Balaban J connectivity index is 1.94. The first-order valence-corrected chi connectivity index (χ1v) is 6.30. The van der Waals surface area contributed by atoms with Crippen molar-refractivity contribution < 1.29 is 9.15 Å². The van der Waals surface area contributed by atoms with E-state index in [1.54, 1.807) is 6.26 Å². The molecule has 0 fully saturated rings. The molecule has 3 nitrogen and oxygen atoms in total. The predicted molar refractivity (Wildman–Crippen MR) is 71.4 cm³/mol. The van der Waals surface area contributed by atoms with Gasteiger partial charge in [0.2, 0.25) is 0 Å². The number of benzene rings is 1. The number of aryl methyl sites for hydroxylation is 1. The van der Waals surface area contributed by atoms with Gasteiger partial charge in [-0.05, 0) is 30.2 Å². The summed E-state index contributed by atoms with van der Waals surface area (Å²) in [7, 11) is 0. The lowest BCUT2D eigenvalue weighted by Gasteiger charge is -2.06. The molecule has 0 aliphatic rings. The van der Waals surface area contributed by atoms with Crippen LogP contribution in [0.2, 0.25) is 0 Å². The maximum absolute atomic E-state index is 5.71. The molecule has 0 saturated heterocycles. The molecule has 0 unspecified atom stereocenters. The Bertz CT molecular complexity index is 473. The Labute approximate surface area is 108 Å². The minimum Gasteiger partial charge on any atom is -0.489 e. The molecule has 96 valence electrons. The van der Waals surface area contributed by atoms with Crippen molar-refractivity contribution >= 4 is 0 Å². The molecule has 3 heteroatoms. The third-order valence-electron chi connectivity index (χ3n) is 2.88. The zero-order valence-electron chi connectivity index (χ0n) is 10.7. The number of furan rings is 1. The summed E-state index contributed by atoms with van der Waals surface area (Å²) < 4.78 is 11.0. The Kier molecular flexibility index (Phi) is 4.42. The van der Waals surface area contributed by atoms with Gasteiger partial charge in [-0.15, -0.1) is 0 Å². The number of hydrogen-bond acceptors (Lipinski definition) is 3.